The number of nitrogens with zero attached hydrogens (tertiary/aromatic N) is 2. The fourth-order valence-electron chi connectivity index (χ4n) is 1.88. The molecule has 0 radical (unpaired) electrons. The number of hydrogen-bond acceptors (Lipinski definition) is 6. The molecular weight excluding hydrogens is 252 g/mol. The van der Waals surface area contributed by atoms with Crippen LogP contribution in [0.4, 0.5) is 5.69 Å². The zero-order chi connectivity index (χ0) is 12.5. The van der Waals surface area contributed by atoms with E-state index in [1.807, 2.05) is 6.07 Å². The van der Waals surface area contributed by atoms with Crippen LogP contribution in [0.2, 0.25) is 0 Å². The summed E-state index contributed by atoms with van der Waals surface area (Å²) in [6.07, 6.45) is 3.31. The average Bonchev–Trinajstić information content (AvgIpc) is 2.77. The zero-order valence-electron chi connectivity index (χ0n) is 9.30. The molecule has 0 aliphatic carbocycles. The van der Waals surface area contributed by atoms with Crippen LogP contribution in [0.5, 0.6) is 0 Å². The predicted molar refractivity (Wildman–Crippen MR) is 71.1 cm³/mol. The van der Waals surface area contributed by atoms with E-state index in [-0.39, 0.29) is 12.2 Å². The summed E-state index contributed by atoms with van der Waals surface area (Å²) in [4.78, 5) is 16.7. The average molecular weight is 262 g/mol. The minimum absolute atomic E-state index is 0.0463. The second-order valence-electron chi connectivity index (χ2n) is 3.73. The van der Waals surface area contributed by atoms with Crippen molar-refractivity contribution < 1.29 is 5.11 Å². The van der Waals surface area contributed by atoms with E-state index in [2.05, 4.69) is 20.5 Å². The highest BCUT2D eigenvalue weighted by molar-refractivity contribution is 7.25. The minimum Gasteiger partial charge on any atom is -0.395 e. The summed E-state index contributed by atoms with van der Waals surface area (Å²) in [5.74, 6) is 0. The van der Waals surface area contributed by atoms with Gasteiger partial charge in [0.15, 0.2) is 0 Å². The molecule has 3 heterocycles. The first kappa shape index (κ1) is 11.1. The lowest BCUT2D eigenvalue weighted by Crippen LogP contribution is -2.06. The number of nitrogens with one attached hydrogen (secondary N) is 2. The van der Waals surface area contributed by atoms with Crippen LogP contribution in [-0.2, 0) is 0 Å². The molecule has 3 rings (SSSR count). The highest BCUT2D eigenvalue weighted by Crippen LogP contribution is 2.34. The topological polar surface area (TPSA) is 90.9 Å². The zero-order valence-corrected chi connectivity index (χ0v) is 10.1. The van der Waals surface area contributed by atoms with Gasteiger partial charge < -0.3 is 10.4 Å². The molecule has 0 spiro atoms. The Labute approximate surface area is 105 Å². The van der Waals surface area contributed by atoms with Crippen molar-refractivity contribution in [1.82, 2.24) is 15.2 Å². The highest BCUT2D eigenvalue weighted by Gasteiger charge is 2.12. The van der Waals surface area contributed by atoms with Gasteiger partial charge >= 0.3 is 0 Å². The molecule has 0 saturated carbocycles. The lowest BCUT2D eigenvalue weighted by Gasteiger charge is -2.05. The van der Waals surface area contributed by atoms with Gasteiger partial charge in [0.05, 0.1) is 12.8 Å². The van der Waals surface area contributed by atoms with Crippen molar-refractivity contribution in [3.63, 3.8) is 0 Å². The van der Waals surface area contributed by atoms with Gasteiger partial charge in [0, 0.05) is 29.2 Å². The molecule has 6 nitrogen and oxygen atoms in total. The summed E-state index contributed by atoms with van der Waals surface area (Å²) >= 11 is 1.34. The van der Waals surface area contributed by atoms with Gasteiger partial charge in [0.1, 0.15) is 9.53 Å². The standard InChI is InChI=1S/C11H10N4O2S/c16-4-3-12-7-1-2-13-11-8(7)6-5-14-15-10(17)9(6)18-11/h1-2,5,16H,3-4H2,(H,12,13)(H,15,17). The molecule has 0 unspecified atom stereocenters. The molecule has 0 fully saturated rings. The number of aromatic nitrogens is 3. The lowest BCUT2D eigenvalue weighted by molar-refractivity contribution is 0.311. The molecule has 7 heteroatoms. The summed E-state index contributed by atoms with van der Waals surface area (Å²) < 4.78 is 0.616. The third kappa shape index (κ3) is 1.64. The maximum Gasteiger partial charge on any atom is 0.282 e. The highest BCUT2D eigenvalue weighted by atomic mass is 32.1. The van der Waals surface area contributed by atoms with Crippen LogP contribution >= 0.6 is 11.3 Å². The Morgan fingerprint density at radius 3 is 3.22 bits per heavy atom. The fraction of sp³-hybridized carbons (Fsp3) is 0.182. The number of aromatic amines is 1. The maximum atomic E-state index is 11.7. The molecule has 0 aromatic carbocycles. The summed E-state index contributed by atoms with van der Waals surface area (Å²) in [5.41, 5.74) is 0.649. The Hall–Kier alpha value is -1.99. The van der Waals surface area contributed by atoms with Crippen molar-refractivity contribution in [2.75, 3.05) is 18.5 Å². The van der Waals surface area contributed by atoms with Gasteiger partial charge in [-0.05, 0) is 6.07 Å². The Morgan fingerprint density at radius 2 is 2.39 bits per heavy atom. The van der Waals surface area contributed by atoms with Gasteiger partial charge in [-0.1, -0.05) is 0 Å². The third-order valence-electron chi connectivity index (χ3n) is 2.62. The maximum absolute atomic E-state index is 11.7. The lowest BCUT2D eigenvalue weighted by atomic mass is 10.2. The van der Waals surface area contributed by atoms with E-state index >= 15 is 0 Å². The monoisotopic (exact) mass is 262 g/mol. The van der Waals surface area contributed by atoms with E-state index in [0.29, 0.717) is 11.2 Å². The third-order valence-corrected chi connectivity index (χ3v) is 3.73. The van der Waals surface area contributed by atoms with Crippen LogP contribution in [0, 0.1) is 0 Å². The Kier molecular flexibility index (Phi) is 2.69. The number of hydrogen-bond donors (Lipinski definition) is 3. The molecule has 3 aromatic rings. The smallest absolute Gasteiger partial charge is 0.282 e. The van der Waals surface area contributed by atoms with Crippen LogP contribution in [0.15, 0.2) is 23.3 Å². The van der Waals surface area contributed by atoms with E-state index < -0.39 is 0 Å². The van der Waals surface area contributed by atoms with Crippen molar-refractivity contribution >= 4 is 37.3 Å². The molecule has 0 aliphatic heterocycles. The first-order valence-electron chi connectivity index (χ1n) is 5.41. The van der Waals surface area contributed by atoms with Crippen molar-refractivity contribution in [3.8, 4) is 0 Å². The van der Waals surface area contributed by atoms with Crippen LogP contribution in [0.25, 0.3) is 20.3 Å². The molecule has 0 bridgehead atoms. The van der Waals surface area contributed by atoms with Crippen LogP contribution in [-0.4, -0.2) is 33.4 Å². The first-order valence-corrected chi connectivity index (χ1v) is 6.22. The Bertz CT molecular complexity index is 764. The van der Waals surface area contributed by atoms with Gasteiger partial charge in [-0.2, -0.15) is 5.10 Å². The van der Waals surface area contributed by atoms with Crippen LogP contribution in [0.3, 0.4) is 0 Å². The molecule has 0 amide bonds. The molecule has 0 saturated heterocycles. The van der Waals surface area contributed by atoms with Crippen LogP contribution < -0.4 is 10.9 Å². The number of fused-ring (bicyclic) bond motifs is 3. The van der Waals surface area contributed by atoms with Crippen LogP contribution in [0.1, 0.15) is 0 Å². The van der Waals surface area contributed by atoms with Gasteiger partial charge in [-0.15, -0.1) is 11.3 Å². The summed E-state index contributed by atoms with van der Waals surface area (Å²) in [6.45, 7) is 0.498. The molecule has 3 aromatic heterocycles. The number of rotatable bonds is 3. The van der Waals surface area contributed by atoms with E-state index in [9.17, 15) is 4.79 Å². The SMILES string of the molecule is O=c1[nH]ncc2c1sc1nccc(NCCO)c12. The summed E-state index contributed by atoms with van der Waals surface area (Å²) in [6, 6.07) is 1.82. The first-order chi connectivity index (χ1) is 8.81. The van der Waals surface area contributed by atoms with E-state index in [1.54, 1.807) is 12.4 Å². The van der Waals surface area contributed by atoms with E-state index in [4.69, 9.17) is 5.11 Å². The van der Waals surface area contributed by atoms with Gasteiger partial charge in [-0.3, -0.25) is 4.79 Å². The quantitative estimate of drug-likeness (QED) is 0.653. The van der Waals surface area contributed by atoms with Crippen molar-refractivity contribution in [2.24, 2.45) is 0 Å². The minimum atomic E-state index is -0.205. The number of pyridine rings is 1. The number of H-pyrrole nitrogens is 1. The number of anilines is 1. The van der Waals surface area contributed by atoms with Crippen molar-refractivity contribution in [3.05, 3.63) is 28.8 Å². The fourth-order valence-corrected chi connectivity index (χ4v) is 2.91. The molecule has 92 valence electrons. The Morgan fingerprint density at radius 1 is 1.50 bits per heavy atom. The molecule has 3 N–H and O–H groups in total. The number of thiophene rings is 1. The van der Waals surface area contributed by atoms with Crippen molar-refractivity contribution in [2.45, 2.75) is 0 Å². The molecular formula is C11H10N4O2S. The summed E-state index contributed by atoms with van der Waals surface area (Å²) in [5, 5.41) is 19.9. The van der Waals surface area contributed by atoms with E-state index in [1.165, 1.54) is 11.3 Å². The predicted octanol–water partition coefficient (Wildman–Crippen LogP) is 0.937. The van der Waals surface area contributed by atoms with Gasteiger partial charge in [0.2, 0.25) is 0 Å². The molecule has 18 heavy (non-hydrogen) atoms. The van der Waals surface area contributed by atoms with Gasteiger partial charge in [-0.25, -0.2) is 10.1 Å². The Balaban J connectivity index is 2.35. The van der Waals surface area contributed by atoms with Gasteiger partial charge in [0.25, 0.3) is 5.56 Å². The summed E-state index contributed by atoms with van der Waals surface area (Å²) in [7, 11) is 0. The second-order valence-corrected chi connectivity index (χ2v) is 4.73. The van der Waals surface area contributed by atoms with E-state index in [0.717, 1.165) is 21.3 Å². The number of aliphatic hydroxyl groups excluding tert-OH is 1. The second kappa shape index (κ2) is 4.35. The van der Waals surface area contributed by atoms with Crippen molar-refractivity contribution in [1.29, 1.82) is 0 Å². The normalized spacial score (nSPS) is 11.2. The molecule has 0 atom stereocenters. The molecule has 0 aliphatic rings. The number of aliphatic hydroxyl groups is 1. The largest absolute Gasteiger partial charge is 0.395 e.